The number of amides is 6. The number of nitrogens with zero attached hydrogens (tertiary/aromatic N) is 4. The van der Waals surface area contributed by atoms with Crippen LogP contribution in [0.25, 0.3) is 43.1 Å². The Morgan fingerprint density at radius 2 is 0.515 bits per heavy atom. The molecule has 6 aliphatic heterocycles. The number of nitrogens with one attached hydrogen (secondary N) is 4. The summed E-state index contributed by atoms with van der Waals surface area (Å²) in [6, 6.07) is 36.4. The number of hydrogen-bond acceptors (Lipinski definition) is 18. The molecule has 9 aromatic rings. The average Bonchev–Trinajstić information content (AvgIpc) is 1.30. The highest BCUT2D eigenvalue weighted by Crippen LogP contribution is 2.59. The highest BCUT2D eigenvalue weighted by molar-refractivity contribution is 6.45. The summed E-state index contributed by atoms with van der Waals surface area (Å²) in [4.78, 5) is 110. The smallest absolute Gasteiger partial charge is 0.262 e. The lowest BCUT2D eigenvalue weighted by Gasteiger charge is -2.47. The van der Waals surface area contributed by atoms with Crippen LogP contribution < -0.4 is 40.2 Å². The number of hydrogen-bond donors (Lipinski definition) is 4. The van der Waals surface area contributed by atoms with E-state index < -0.39 is 47.5 Å². The van der Waals surface area contributed by atoms with Crippen molar-refractivity contribution in [1.82, 2.24) is 40.9 Å². The second-order valence-corrected chi connectivity index (χ2v) is 44.5. The van der Waals surface area contributed by atoms with Crippen molar-refractivity contribution in [1.29, 1.82) is 0 Å². The zero-order valence-corrected chi connectivity index (χ0v) is 80.3. The lowest BCUT2D eigenvalue weighted by atomic mass is 9.79. The summed E-state index contributed by atoms with van der Waals surface area (Å²) in [5.74, 6) is -2.10. The first-order valence-corrected chi connectivity index (χ1v) is 49.4. The monoisotopic (exact) mass is 1790 g/mol. The fraction of sp³-hybridized carbons (Fsp3) is 0.545. The van der Waals surface area contributed by atoms with Crippen LogP contribution in [0.2, 0.25) is 0 Å². The molecule has 19 rings (SSSR count). The molecule has 22 nitrogen and oxygen atoms in total. The van der Waals surface area contributed by atoms with E-state index in [2.05, 4.69) is 114 Å². The Morgan fingerprint density at radius 1 is 0.318 bits per heavy atom. The minimum Gasteiger partial charge on any atom is -0.457 e. The molecule has 6 atom stereocenters. The molecule has 4 aliphatic carbocycles. The normalized spacial score (nSPS) is 25.0. The standard InChI is InChI=1S/C110H136N8O14/c1-61(2)99(105(123)115(71-33-25-67(26-34-71)111-53-79-57-125-79)72-35-27-68(28-36-72)112-54-80-58-126-80)117-101(119)83-49-87(129-75-41-17-63(18-42-75)107(5,6)7)93-95-89(131-77-45-21-65(22-46-77)109(11,12)13)51-85-92-86(104(122)118(103(85)121)100(62(3)4)106(124)116(73-37-29-69(30-38-73)113-55-81-59-127-81)74-39-31-70(32-40-74)114-56-82-60-128-82)52-90(132-78-47-23-66(24-48-78)110(14,15)16)96(98(92)95)94-88(50-84(102(117)120)91(83)97(93)94)130-76-43-19-64(20-44-76)108(8,9)10/h17-24,41-52,61-62,67-74,79-82,99-100,111-114H,25-40,53-60H2,1-16H3. The number of rotatable bonds is 30. The summed E-state index contributed by atoms with van der Waals surface area (Å²) in [5, 5.41) is 17.8. The van der Waals surface area contributed by atoms with Crippen LogP contribution in [0.15, 0.2) is 121 Å². The molecule has 700 valence electrons. The minimum atomic E-state index is -1.28. The van der Waals surface area contributed by atoms with Gasteiger partial charge in [-0.05, 0) is 231 Å². The first-order chi connectivity index (χ1) is 63.1. The predicted molar refractivity (Wildman–Crippen MR) is 516 cm³/mol. The summed E-state index contributed by atoms with van der Waals surface area (Å²) in [5.41, 5.74) is 3.54. The molecule has 6 heterocycles. The first kappa shape index (κ1) is 91.5. The van der Waals surface area contributed by atoms with E-state index in [-0.39, 0.29) is 162 Å². The Bertz CT molecular complexity index is 5140. The molecule has 0 bridgehead atoms. The lowest BCUT2D eigenvalue weighted by molar-refractivity contribution is -0.144. The molecule has 6 amide bonds. The first-order valence-electron chi connectivity index (χ1n) is 49.4. The van der Waals surface area contributed by atoms with Gasteiger partial charge in [-0.15, -0.1) is 0 Å². The fourth-order valence-corrected chi connectivity index (χ4v) is 22.1. The van der Waals surface area contributed by atoms with Gasteiger partial charge in [0.25, 0.3) is 23.6 Å². The predicted octanol–water partition coefficient (Wildman–Crippen LogP) is 20.2. The van der Waals surface area contributed by atoms with E-state index in [1.165, 1.54) is 9.80 Å². The van der Waals surface area contributed by atoms with Crippen LogP contribution in [0, 0.1) is 11.8 Å². The van der Waals surface area contributed by atoms with E-state index in [1.807, 2.05) is 125 Å². The molecule has 8 fully saturated rings. The van der Waals surface area contributed by atoms with Crippen LogP contribution in [0.4, 0.5) is 0 Å². The molecule has 0 aromatic heterocycles. The molecule has 0 spiro atoms. The zero-order valence-electron chi connectivity index (χ0n) is 80.3. The second kappa shape index (κ2) is 36.2. The van der Waals surface area contributed by atoms with Gasteiger partial charge in [0.1, 0.15) is 58.1 Å². The number of imide groups is 2. The van der Waals surface area contributed by atoms with Crippen molar-refractivity contribution < 1.29 is 66.7 Å². The van der Waals surface area contributed by atoms with Crippen molar-refractivity contribution in [3.63, 3.8) is 0 Å². The van der Waals surface area contributed by atoms with E-state index in [1.54, 1.807) is 24.3 Å². The topological polar surface area (TPSA) is 251 Å². The highest BCUT2D eigenvalue weighted by Gasteiger charge is 2.52. The number of benzene rings is 9. The van der Waals surface area contributed by atoms with E-state index in [9.17, 15) is 0 Å². The molecular weight excluding hydrogens is 1660 g/mol. The third-order valence-corrected chi connectivity index (χ3v) is 30.1. The third kappa shape index (κ3) is 18.8. The van der Waals surface area contributed by atoms with Crippen molar-refractivity contribution >= 4 is 78.5 Å². The Hall–Kier alpha value is -9.62. The van der Waals surface area contributed by atoms with Crippen molar-refractivity contribution in [2.45, 2.75) is 320 Å². The third-order valence-electron chi connectivity index (χ3n) is 30.1. The van der Waals surface area contributed by atoms with Crippen molar-refractivity contribution in [3.8, 4) is 46.0 Å². The van der Waals surface area contributed by atoms with Crippen LogP contribution in [0.5, 0.6) is 46.0 Å². The van der Waals surface area contributed by atoms with Gasteiger partial charge in [0, 0.05) is 118 Å². The largest absolute Gasteiger partial charge is 0.457 e. The van der Waals surface area contributed by atoms with Crippen LogP contribution in [0.3, 0.4) is 0 Å². The van der Waals surface area contributed by atoms with Gasteiger partial charge in [-0.3, -0.25) is 38.6 Å². The Labute approximate surface area is 778 Å². The molecule has 9 aromatic carbocycles. The summed E-state index contributed by atoms with van der Waals surface area (Å²) in [7, 11) is 0. The number of epoxide rings is 4. The van der Waals surface area contributed by atoms with Gasteiger partial charge in [0.2, 0.25) is 11.8 Å². The van der Waals surface area contributed by atoms with Gasteiger partial charge in [0.15, 0.2) is 0 Å². The van der Waals surface area contributed by atoms with Crippen molar-refractivity contribution in [2.24, 2.45) is 11.8 Å². The van der Waals surface area contributed by atoms with E-state index >= 15 is 28.8 Å². The molecule has 132 heavy (non-hydrogen) atoms. The highest BCUT2D eigenvalue weighted by atomic mass is 16.6. The molecule has 22 heteroatoms. The van der Waals surface area contributed by atoms with Gasteiger partial charge in [-0.1, -0.05) is 159 Å². The van der Waals surface area contributed by atoms with E-state index in [4.69, 9.17) is 37.9 Å². The molecule has 6 unspecified atom stereocenters. The summed E-state index contributed by atoms with van der Waals surface area (Å²) < 4.78 is 53.1. The van der Waals surface area contributed by atoms with Crippen LogP contribution >= 0.6 is 0 Å². The van der Waals surface area contributed by atoms with Crippen LogP contribution in [-0.4, -0.2) is 192 Å². The van der Waals surface area contributed by atoms with Crippen molar-refractivity contribution in [3.05, 3.63) is 166 Å². The molecule has 4 saturated carbocycles. The number of carbonyl (C=O) groups is 6. The number of fused-ring (bicyclic) bond motifs is 2. The number of ether oxygens (including phenoxy) is 8. The average molecular weight is 1790 g/mol. The molecule has 10 aliphatic rings. The fourth-order valence-electron chi connectivity index (χ4n) is 22.1. The molecule has 4 N–H and O–H groups in total. The second-order valence-electron chi connectivity index (χ2n) is 44.5. The summed E-state index contributed by atoms with van der Waals surface area (Å²) in [6.07, 6.45) is 13.6. The summed E-state index contributed by atoms with van der Waals surface area (Å²) in [6.45, 7) is 39.7. The maximum absolute atomic E-state index is 17.4. The molecular formula is C110H136N8O14. The Kier molecular flexibility index (Phi) is 25.1. The maximum atomic E-state index is 17.4. The van der Waals surface area contributed by atoms with Gasteiger partial charge in [0.05, 0.1) is 73.1 Å². The van der Waals surface area contributed by atoms with E-state index in [0.29, 0.717) is 55.3 Å². The lowest BCUT2D eigenvalue weighted by Crippen LogP contribution is -2.61. The maximum Gasteiger partial charge on any atom is 0.262 e. The van der Waals surface area contributed by atoms with Crippen LogP contribution in [0.1, 0.15) is 277 Å². The summed E-state index contributed by atoms with van der Waals surface area (Å²) >= 11 is 0. The van der Waals surface area contributed by atoms with Gasteiger partial charge >= 0.3 is 0 Å². The quantitative estimate of drug-likeness (QED) is 0.0141. The van der Waals surface area contributed by atoms with Crippen LogP contribution in [-0.2, 0) is 50.2 Å². The molecule has 4 saturated heterocycles. The van der Waals surface area contributed by atoms with Crippen molar-refractivity contribution in [2.75, 3.05) is 52.6 Å². The van der Waals surface area contributed by atoms with Gasteiger partial charge in [-0.2, -0.15) is 0 Å². The SMILES string of the molecule is CC(C)C(C(=O)N(C1CCC(NCC2CO2)CC1)C1CCC(NCC2CO2)CC1)N1C(=O)c2cc(Oc3ccc(C(C)(C)C)cc3)c3c4c(Oc5ccc(C(C)(C)C)cc5)cc5c6c(cc(Oc7ccc(C(C)(C)C)cc7)c(c7c(Oc8ccc(C(C)(C)C)cc8)cc(c2c37)C1=O)c64)C(=O)N(C(C(=O)N(C1CCC(NCC2CO2)CC1)C1CCC(NCC2CO2)CC1)C(C)C)C5=O. The molecule has 0 radical (unpaired) electrons. The number of carbonyl (C=O) groups excluding carboxylic acids is 6. The van der Waals surface area contributed by atoms with E-state index in [0.717, 1.165) is 178 Å². The Morgan fingerprint density at radius 3 is 0.689 bits per heavy atom. The zero-order chi connectivity index (χ0) is 92.5. The van der Waals surface area contributed by atoms with Gasteiger partial charge in [-0.25, -0.2) is 0 Å². The van der Waals surface area contributed by atoms with Gasteiger partial charge < -0.3 is 69.0 Å². The minimum absolute atomic E-state index is 0.102. The Balaban J connectivity index is 0.847.